The van der Waals surface area contributed by atoms with E-state index < -0.39 is 0 Å². The Bertz CT molecular complexity index is 269. The minimum atomic E-state index is 0.598. The molecule has 12 heavy (non-hydrogen) atoms. The van der Waals surface area contributed by atoms with Crippen molar-refractivity contribution in [2.45, 2.75) is 5.92 Å². The minimum Gasteiger partial charge on any atom is -0.257 e. The molecule has 0 radical (unpaired) electrons. The summed E-state index contributed by atoms with van der Waals surface area (Å²) >= 11 is 3.55. The molecule has 2 N–H and O–H groups in total. The fraction of sp³-hybridized carbons (Fsp3) is 0.333. The van der Waals surface area contributed by atoms with Crippen LogP contribution in [-0.2, 0) is 0 Å². The molecular formula is C9H11BrN2. The molecule has 1 aromatic carbocycles. The van der Waals surface area contributed by atoms with Crippen LogP contribution in [0.3, 0.4) is 0 Å². The van der Waals surface area contributed by atoms with Crippen LogP contribution in [-0.4, -0.2) is 13.1 Å². The molecule has 1 heterocycles. The fourth-order valence-electron chi connectivity index (χ4n) is 1.49. The maximum atomic E-state index is 3.55. The second-order valence-electron chi connectivity index (χ2n) is 2.98. The van der Waals surface area contributed by atoms with E-state index >= 15 is 0 Å². The van der Waals surface area contributed by atoms with Crippen molar-refractivity contribution >= 4 is 15.9 Å². The van der Waals surface area contributed by atoms with Gasteiger partial charge in [-0.3, -0.25) is 10.9 Å². The smallest absolute Gasteiger partial charge is 0.0211 e. The van der Waals surface area contributed by atoms with Crippen LogP contribution < -0.4 is 10.9 Å². The molecule has 2 rings (SSSR count). The molecule has 0 atom stereocenters. The van der Waals surface area contributed by atoms with Gasteiger partial charge in [0.1, 0.15) is 0 Å². The molecule has 0 bridgehead atoms. The molecular weight excluding hydrogens is 216 g/mol. The molecule has 1 fully saturated rings. The van der Waals surface area contributed by atoms with Crippen molar-refractivity contribution < 1.29 is 0 Å². The molecule has 1 saturated heterocycles. The van der Waals surface area contributed by atoms with Crippen molar-refractivity contribution in [1.82, 2.24) is 10.9 Å². The van der Waals surface area contributed by atoms with Gasteiger partial charge in [-0.1, -0.05) is 34.1 Å². The summed E-state index contributed by atoms with van der Waals surface area (Å²) in [7, 11) is 0. The molecule has 1 aliphatic heterocycles. The third-order valence-corrected chi connectivity index (χ3v) is 2.89. The first-order valence-electron chi connectivity index (χ1n) is 4.08. The Labute approximate surface area is 80.5 Å². The van der Waals surface area contributed by atoms with Crippen LogP contribution in [0.2, 0.25) is 0 Å². The summed E-state index contributed by atoms with van der Waals surface area (Å²) in [5.74, 6) is 0.598. The van der Waals surface area contributed by atoms with Crippen molar-refractivity contribution in [3.8, 4) is 0 Å². The standard InChI is InChI=1S/C9H11BrN2/c10-9-4-2-1-3-8(9)7-5-11-12-6-7/h1-4,7,11-12H,5-6H2. The van der Waals surface area contributed by atoms with E-state index in [1.807, 2.05) is 6.07 Å². The van der Waals surface area contributed by atoms with Gasteiger partial charge in [-0.15, -0.1) is 0 Å². The Morgan fingerprint density at radius 2 is 1.83 bits per heavy atom. The normalized spacial score (nSPS) is 18.4. The average molecular weight is 227 g/mol. The molecule has 0 amide bonds. The van der Waals surface area contributed by atoms with Crippen LogP contribution in [0.25, 0.3) is 0 Å². The van der Waals surface area contributed by atoms with Gasteiger partial charge in [-0.25, -0.2) is 0 Å². The van der Waals surface area contributed by atoms with E-state index in [1.54, 1.807) is 0 Å². The molecule has 0 aliphatic carbocycles. The van der Waals surface area contributed by atoms with Gasteiger partial charge in [-0.05, 0) is 11.6 Å². The summed E-state index contributed by atoms with van der Waals surface area (Å²) in [5.41, 5.74) is 7.64. The van der Waals surface area contributed by atoms with E-state index in [2.05, 4.69) is 45.0 Å². The topological polar surface area (TPSA) is 24.1 Å². The zero-order chi connectivity index (χ0) is 8.39. The zero-order valence-electron chi connectivity index (χ0n) is 6.68. The number of hydrogen-bond donors (Lipinski definition) is 2. The highest BCUT2D eigenvalue weighted by Crippen LogP contribution is 2.24. The molecule has 1 aliphatic rings. The molecule has 0 saturated carbocycles. The van der Waals surface area contributed by atoms with Gasteiger partial charge in [0, 0.05) is 23.5 Å². The van der Waals surface area contributed by atoms with E-state index in [0.29, 0.717) is 5.92 Å². The Morgan fingerprint density at radius 3 is 2.50 bits per heavy atom. The van der Waals surface area contributed by atoms with Crippen LogP contribution in [0.4, 0.5) is 0 Å². The molecule has 0 aromatic heterocycles. The van der Waals surface area contributed by atoms with Crippen LogP contribution in [0.1, 0.15) is 11.5 Å². The summed E-state index contributed by atoms with van der Waals surface area (Å²) in [6, 6.07) is 8.39. The maximum Gasteiger partial charge on any atom is 0.0211 e. The van der Waals surface area contributed by atoms with Crippen LogP contribution >= 0.6 is 15.9 Å². The summed E-state index contributed by atoms with van der Waals surface area (Å²) in [5, 5.41) is 0. The first-order chi connectivity index (χ1) is 5.88. The van der Waals surface area contributed by atoms with Gasteiger partial charge in [-0.2, -0.15) is 0 Å². The van der Waals surface area contributed by atoms with Crippen molar-refractivity contribution in [3.63, 3.8) is 0 Å². The predicted octanol–water partition coefficient (Wildman–Crippen LogP) is 1.64. The van der Waals surface area contributed by atoms with Gasteiger partial charge >= 0.3 is 0 Å². The van der Waals surface area contributed by atoms with Gasteiger partial charge in [0.2, 0.25) is 0 Å². The molecule has 64 valence electrons. The third-order valence-electron chi connectivity index (χ3n) is 2.17. The zero-order valence-corrected chi connectivity index (χ0v) is 8.26. The highest BCUT2D eigenvalue weighted by atomic mass is 79.9. The fourth-order valence-corrected chi connectivity index (χ4v) is 2.10. The second-order valence-corrected chi connectivity index (χ2v) is 3.83. The predicted molar refractivity (Wildman–Crippen MR) is 52.9 cm³/mol. The maximum absolute atomic E-state index is 3.55. The SMILES string of the molecule is Brc1ccccc1C1CNNC1. The summed E-state index contributed by atoms with van der Waals surface area (Å²) in [6.07, 6.45) is 0. The average Bonchev–Trinajstić information content (AvgIpc) is 2.57. The quantitative estimate of drug-likeness (QED) is 0.762. The minimum absolute atomic E-state index is 0.598. The van der Waals surface area contributed by atoms with Gasteiger partial charge in [0.25, 0.3) is 0 Å². The highest BCUT2D eigenvalue weighted by molar-refractivity contribution is 9.10. The molecule has 0 unspecified atom stereocenters. The van der Waals surface area contributed by atoms with Crippen LogP contribution in [0.5, 0.6) is 0 Å². The molecule has 0 spiro atoms. The second kappa shape index (κ2) is 3.56. The Kier molecular flexibility index (Phi) is 2.44. The number of hydrazine groups is 1. The largest absolute Gasteiger partial charge is 0.257 e. The van der Waals surface area contributed by atoms with Gasteiger partial charge in [0.15, 0.2) is 0 Å². The van der Waals surface area contributed by atoms with Crippen molar-refractivity contribution in [1.29, 1.82) is 0 Å². The lowest BCUT2D eigenvalue weighted by molar-refractivity contribution is 0.689. The Balaban J connectivity index is 2.26. The van der Waals surface area contributed by atoms with E-state index in [-0.39, 0.29) is 0 Å². The first-order valence-corrected chi connectivity index (χ1v) is 4.87. The monoisotopic (exact) mass is 226 g/mol. The summed E-state index contributed by atoms with van der Waals surface area (Å²) < 4.78 is 1.21. The number of rotatable bonds is 1. The van der Waals surface area contributed by atoms with Crippen molar-refractivity contribution in [2.75, 3.05) is 13.1 Å². The highest BCUT2D eigenvalue weighted by Gasteiger charge is 2.17. The molecule has 3 heteroatoms. The van der Waals surface area contributed by atoms with E-state index in [1.165, 1.54) is 10.0 Å². The lowest BCUT2D eigenvalue weighted by Crippen LogP contribution is -2.21. The first kappa shape index (κ1) is 8.23. The van der Waals surface area contributed by atoms with Gasteiger partial charge in [0.05, 0.1) is 0 Å². The lowest BCUT2D eigenvalue weighted by Gasteiger charge is -2.09. The van der Waals surface area contributed by atoms with E-state index in [9.17, 15) is 0 Å². The van der Waals surface area contributed by atoms with Gasteiger partial charge < -0.3 is 0 Å². The summed E-state index contributed by atoms with van der Waals surface area (Å²) in [4.78, 5) is 0. The third kappa shape index (κ3) is 1.53. The van der Waals surface area contributed by atoms with E-state index in [4.69, 9.17) is 0 Å². The van der Waals surface area contributed by atoms with Crippen molar-refractivity contribution in [2.24, 2.45) is 0 Å². The lowest BCUT2D eigenvalue weighted by atomic mass is 10.0. The number of hydrogen-bond acceptors (Lipinski definition) is 2. The molecule has 1 aromatic rings. The molecule has 2 nitrogen and oxygen atoms in total. The van der Waals surface area contributed by atoms with Crippen LogP contribution in [0, 0.1) is 0 Å². The van der Waals surface area contributed by atoms with Crippen molar-refractivity contribution in [3.05, 3.63) is 34.3 Å². The Morgan fingerprint density at radius 1 is 1.17 bits per heavy atom. The Hall–Kier alpha value is -0.380. The van der Waals surface area contributed by atoms with E-state index in [0.717, 1.165) is 13.1 Å². The number of benzene rings is 1. The summed E-state index contributed by atoms with van der Waals surface area (Å²) in [6.45, 7) is 2.03. The van der Waals surface area contributed by atoms with Crippen LogP contribution in [0.15, 0.2) is 28.7 Å². The number of nitrogens with one attached hydrogen (secondary N) is 2. The number of halogens is 1.